The van der Waals surface area contributed by atoms with Crippen molar-refractivity contribution in [2.45, 2.75) is 37.9 Å². The highest BCUT2D eigenvalue weighted by Gasteiger charge is 2.51. The number of hydrogen-bond acceptors (Lipinski definition) is 6. The van der Waals surface area contributed by atoms with Gasteiger partial charge in [-0.05, 0) is 42.4 Å². The summed E-state index contributed by atoms with van der Waals surface area (Å²) < 4.78 is 0. The van der Waals surface area contributed by atoms with Crippen LogP contribution in [0.4, 0.5) is 0 Å². The number of nitrogens with zero attached hydrogens (tertiary/aromatic N) is 2. The van der Waals surface area contributed by atoms with E-state index >= 15 is 0 Å². The topological polar surface area (TPSA) is 113 Å². The van der Waals surface area contributed by atoms with Crippen LogP contribution in [0.5, 0.6) is 0 Å². The fourth-order valence-electron chi connectivity index (χ4n) is 5.02. The van der Waals surface area contributed by atoms with Gasteiger partial charge in [0.05, 0.1) is 11.1 Å². The Morgan fingerprint density at radius 2 is 1.89 bits per heavy atom. The molecule has 146 valence electrons. The van der Waals surface area contributed by atoms with E-state index < -0.39 is 23.8 Å². The van der Waals surface area contributed by atoms with Gasteiger partial charge in [-0.3, -0.25) is 34.3 Å². The van der Waals surface area contributed by atoms with Crippen LogP contribution in [-0.4, -0.2) is 58.6 Å². The van der Waals surface area contributed by atoms with Gasteiger partial charge in [0.15, 0.2) is 0 Å². The number of hydrogen-bond donors (Lipinski definition) is 2. The second-order valence-corrected chi connectivity index (χ2v) is 8.22. The van der Waals surface area contributed by atoms with Crippen molar-refractivity contribution < 1.29 is 19.2 Å². The summed E-state index contributed by atoms with van der Waals surface area (Å²) >= 11 is 0. The van der Waals surface area contributed by atoms with Crippen LogP contribution in [0, 0.1) is 11.8 Å². The van der Waals surface area contributed by atoms with E-state index in [-0.39, 0.29) is 18.7 Å². The highest BCUT2D eigenvalue weighted by molar-refractivity contribution is 6.23. The van der Waals surface area contributed by atoms with Gasteiger partial charge in [0, 0.05) is 32.1 Å². The molecule has 0 radical (unpaired) electrons. The highest BCUT2D eigenvalue weighted by atomic mass is 16.2. The summed E-state index contributed by atoms with van der Waals surface area (Å²) in [5, 5.41) is 2.21. The number of nitrogens with two attached hydrogens (primary N) is 1. The van der Waals surface area contributed by atoms with Crippen molar-refractivity contribution in [2.75, 3.05) is 13.1 Å². The fraction of sp³-hybridized carbons (Fsp3) is 0.500. The molecule has 1 aliphatic carbocycles. The SMILES string of the molecule is NC[C@@H]1[C@H]2C[C@H]2CN1Cc1ccc2c(c1)C(=O)N(C1CCC(=O)NC1=O)C2=O. The van der Waals surface area contributed by atoms with Crippen LogP contribution in [0.15, 0.2) is 18.2 Å². The van der Waals surface area contributed by atoms with E-state index in [0.29, 0.717) is 36.2 Å². The number of fused-ring (bicyclic) bond motifs is 2. The third-order valence-electron chi connectivity index (χ3n) is 6.54. The molecule has 4 amide bonds. The van der Waals surface area contributed by atoms with Gasteiger partial charge in [-0.2, -0.15) is 0 Å². The predicted molar refractivity (Wildman–Crippen MR) is 98.0 cm³/mol. The summed E-state index contributed by atoms with van der Waals surface area (Å²) in [7, 11) is 0. The van der Waals surface area contributed by atoms with E-state index in [0.717, 1.165) is 22.9 Å². The Labute approximate surface area is 162 Å². The van der Waals surface area contributed by atoms with Crippen LogP contribution >= 0.6 is 0 Å². The lowest BCUT2D eigenvalue weighted by Gasteiger charge is -2.27. The quantitative estimate of drug-likeness (QED) is 0.702. The smallest absolute Gasteiger partial charge is 0.262 e. The van der Waals surface area contributed by atoms with Crippen LogP contribution in [0.1, 0.15) is 45.5 Å². The van der Waals surface area contributed by atoms with Gasteiger partial charge in [-0.15, -0.1) is 0 Å². The maximum Gasteiger partial charge on any atom is 0.262 e. The molecule has 3 fully saturated rings. The molecule has 0 spiro atoms. The number of nitrogens with one attached hydrogen (secondary N) is 1. The number of rotatable bonds is 4. The van der Waals surface area contributed by atoms with Gasteiger partial charge in [0.2, 0.25) is 11.8 Å². The van der Waals surface area contributed by atoms with Crippen LogP contribution < -0.4 is 11.1 Å². The first kappa shape index (κ1) is 17.5. The lowest BCUT2D eigenvalue weighted by Crippen LogP contribution is -2.54. The Bertz CT molecular complexity index is 913. The van der Waals surface area contributed by atoms with Gasteiger partial charge >= 0.3 is 0 Å². The van der Waals surface area contributed by atoms with Crippen molar-refractivity contribution >= 4 is 23.6 Å². The predicted octanol–water partition coefficient (Wildman–Crippen LogP) is -0.133. The third-order valence-corrected chi connectivity index (χ3v) is 6.54. The highest BCUT2D eigenvalue weighted by Crippen LogP contribution is 2.49. The molecule has 28 heavy (non-hydrogen) atoms. The molecule has 0 bridgehead atoms. The van der Waals surface area contributed by atoms with Gasteiger partial charge in [-0.1, -0.05) is 6.07 Å². The molecule has 1 unspecified atom stereocenters. The van der Waals surface area contributed by atoms with Gasteiger partial charge in [0.25, 0.3) is 11.8 Å². The number of benzene rings is 1. The second-order valence-electron chi connectivity index (χ2n) is 8.22. The Kier molecular flexibility index (Phi) is 3.89. The molecule has 4 aliphatic rings. The molecule has 1 saturated carbocycles. The molecular formula is C20H22N4O4. The minimum absolute atomic E-state index is 0.118. The van der Waals surface area contributed by atoms with Crippen LogP contribution in [0.25, 0.3) is 0 Å². The lowest BCUT2D eigenvalue weighted by molar-refractivity contribution is -0.136. The number of imide groups is 2. The van der Waals surface area contributed by atoms with Crippen molar-refractivity contribution in [3.05, 3.63) is 34.9 Å². The number of amides is 4. The largest absolute Gasteiger partial charge is 0.329 e. The van der Waals surface area contributed by atoms with Crippen molar-refractivity contribution in [1.82, 2.24) is 15.1 Å². The van der Waals surface area contributed by atoms with E-state index in [1.54, 1.807) is 12.1 Å². The minimum Gasteiger partial charge on any atom is -0.329 e. The first-order valence-electron chi connectivity index (χ1n) is 9.76. The number of likely N-dealkylation sites (tertiary alicyclic amines) is 1. The maximum atomic E-state index is 12.9. The molecule has 5 rings (SSSR count). The monoisotopic (exact) mass is 382 g/mol. The Morgan fingerprint density at radius 3 is 2.64 bits per heavy atom. The first-order chi connectivity index (χ1) is 13.5. The Balaban J connectivity index is 1.37. The van der Waals surface area contributed by atoms with E-state index in [9.17, 15) is 19.2 Å². The molecular weight excluding hydrogens is 360 g/mol. The zero-order chi connectivity index (χ0) is 19.6. The number of carbonyl (C=O) groups is 4. The molecule has 8 nitrogen and oxygen atoms in total. The van der Waals surface area contributed by atoms with Gasteiger partial charge < -0.3 is 5.73 Å². The average molecular weight is 382 g/mol. The first-order valence-corrected chi connectivity index (χ1v) is 9.76. The Hall–Kier alpha value is -2.58. The standard InChI is InChI=1S/C20H22N4O4/c21-7-16-13-6-11(13)9-23(16)8-10-1-2-12-14(5-10)20(28)24(19(12)27)15-3-4-17(25)22-18(15)26/h1-2,5,11,13,15-16H,3-4,6-9,21H2,(H,22,25,26)/t11-,13-,15?,16+/m0/s1. The van der Waals surface area contributed by atoms with Crippen LogP contribution in [0.3, 0.4) is 0 Å². The van der Waals surface area contributed by atoms with Crippen molar-refractivity contribution in [3.63, 3.8) is 0 Å². The lowest BCUT2D eigenvalue weighted by atomic mass is 10.0. The molecule has 1 aromatic rings. The average Bonchev–Trinajstić information content (AvgIpc) is 3.27. The summed E-state index contributed by atoms with van der Waals surface area (Å²) in [4.78, 5) is 52.5. The number of piperidine rings is 2. The summed E-state index contributed by atoms with van der Waals surface area (Å²) in [5.74, 6) is -0.453. The molecule has 1 aromatic carbocycles. The summed E-state index contributed by atoms with van der Waals surface area (Å²) in [6.45, 7) is 2.35. The normalized spacial score (nSPS) is 31.8. The number of carbonyl (C=O) groups excluding carboxylic acids is 4. The van der Waals surface area contributed by atoms with Gasteiger partial charge in [-0.25, -0.2) is 0 Å². The molecule has 2 saturated heterocycles. The molecule has 4 atom stereocenters. The Morgan fingerprint density at radius 1 is 1.11 bits per heavy atom. The van der Waals surface area contributed by atoms with E-state index in [1.807, 2.05) is 6.07 Å². The fourth-order valence-corrected chi connectivity index (χ4v) is 5.02. The zero-order valence-electron chi connectivity index (χ0n) is 15.4. The van der Waals surface area contributed by atoms with E-state index in [4.69, 9.17) is 5.73 Å². The second kappa shape index (κ2) is 6.22. The maximum absolute atomic E-state index is 12.9. The molecule has 8 heteroatoms. The molecule has 3 N–H and O–H groups in total. The molecule has 0 aromatic heterocycles. The zero-order valence-corrected chi connectivity index (χ0v) is 15.4. The molecule has 3 aliphatic heterocycles. The third kappa shape index (κ3) is 2.59. The minimum atomic E-state index is -0.930. The van der Waals surface area contributed by atoms with Crippen molar-refractivity contribution in [1.29, 1.82) is 0 Å². The van der Waals surface area contributed by atoms with Crippen molar-refractivity contribution in [2.24, 2.45) is 17.6 Å². The van der Waals surface area contributed by atoms with Gasteiger partial charge in [0.1, 0.15) is 6.04 Å². The van der Waals surface area contributed by atoms with Crippen LogP contribution in [-0.2, 0) is 16.1 Å². The van der Waals surface area contributed by atoms with Crippen LogP contribution in [0.2, 0.25) is 0 Å². The summed E-state index contributed by atoms with van der Waals surface area (Å²) in [6.07, 6.45) is 1.54. The van der Waals surface area contributed by atoms with E-state index in [1.165, 1.54) is 6.42 Å². The van der Waals surface area contributed by atoms with Crippen molar-refractivity contribution in [3.8, 4) is 0 Å². The summed E-state index contributed by atoms with van der Waals surface area (Å²) in [6, 6.07) is 4.76. The van der Waals surface area contributed by atoms with E-state index in [2.05, 4.69) is 10.2 Å². The summed E-state index contributed by atoms with van der Waals surface area (Å²) in [5.41, 5.74) is 7.55. The molecule has 3 heterocycles.